The summed E-state index contributed by atoms with van der Waals surface area (Å²) >= 11 is 1.63. The number of ether oxygens (including phenoxy) is 1. The van der Waals surface area contributed by atoms with Crippen LogP contribution in [0.2, 0.25) is 0 Å². The van der Waals surface area contributed by atoms with Gasteiger partial charge in [0.1, 0.15) is 13.2 Å². The molecule has 38 heavy (non-hydrogen) atoms. The van der Waals surface area contributed by atoms with Crippen molar-refractivity contribution in [3.63, 3.8) is 0 Å². The van der Waals surface area contributed by atoms with Crippen LogP contribution in [-0.4, -0.2) is 36.1 Å². The number of hydrogen-bond acceptors (Lipinski definition) is 5. The van der Waals surface area contributed by atoms with Gasteiger partial charge in [-0.05, 0) is 60.7 Å². The van der Waals surface area contributed by atoms with Gasteiger partial charge in [-0.2, -0.15) is 4.48 Å². The lowest BCUT2D eigenvalue weighted by molar-refractivity contribution is -0.779. The third kappa shape index (κ3) is 4.24. The van der Waals surface area contributed by atoms with Gasteiger partial charge in [0, 0.05) is 39.5 Å². The summed E-state index contributed by atoms with van der Waals surface area (Å²) in [5.74, 6) is -0.189. The van der Waals surface area contributed by atoms with E-state index in [2.05, 4.69) is 28.2 Å². The molecular formula is C31H28N3O3S+. The zero-order chi connectivity index (χ0) is 26.1. The number of thiophene rings is 1. The summed E-state index contributed by atoms with van der Waals surface area (Å²) in [6.45, 7) is 3.46. The van der Waals surface area contributed by atoms with E-state index in [0.717, 1.165) is 33.8 Å². The zero-order valence-electron chi connectivity index (χ0n) is 21.1. The molecule has 3 heterocycles. The predicted octanol–water partition coefficient (Wildman–Crippen LogP) is 6.14. The van der Waals surface area contributed by atoms with Crippen LogP contribution in [0.15, 0.2) is 108 Å². The number of rotatable bonds is 4. The number of fused-ring (bicyclic) bond motifs is 3. The minimum atomic E-state index is -0.182. The third-order valence-electron chi connectivity index (χ3n) is 7.19. The summed E-state index contributed by atoms with van der Waals surface area (Å²) in [6.07, 6.45) is 10.8. The Hall–Kier alpha value is -4.04. The first-order valence-electron chi connectivity index (χ1n) is 12.7. The van der Waals surface area contributed by atoms with E-state index in [1.54, 1.807) is 35.6 Å². The molecule has 1 unspecified atom stereocenters. The van der Waals surface area contributed by atoms with Crippen molar-refractivity contribution >= 4 is 28.8 Å². The monoisotopic (exact) mass is 522 g/mol. The number of amides is 2. The molecule has 1 saturated heterocycles. The van der Waals surface area contributed by atoms with Gasteiger partial charge < -0.3 is 15.4 Å². The second kappa shape index (κ2) is 10.0. The Morgan fingerprint density at radius 1 is 1.08 bits per heavy atom. The Kier molecular flexibility index (Phi) is 6.41. The number of aryl methyl sites for hydroxylation is 1. The van der Waals surface area contributed by atoms with Crippen molar-refractivity contribution in [1.82, 2.24) is 5.32 Å². The molecule has 0 bridgehead atoms. The lowest BCUT2D eigenvalue weighted by Crippen LogP contribution is -2.56. The van der Waals surface area contributed by atoms with Crippen LogP contribution in [0.25, 0.3) is 10.4 Å². The summed E-state index contributed by atoms with van der Waals surface area (Å²) in [5.41, 5.74) is 6.88. The van der Waals surface area contributed by atoms with Gasteiger partial charge in [0.25, 0.3) is 5.91 Å². The first-order chi connectivity index (χ1) is 18.6. The molecule has 1 atom stereocenters. The average Bonchev–Trinajstić information content (AvgIpc) is 3.31. The molecule has 2 aliphatic heterocycles. The van der Waals surface area contributed by atoms with Gasteiger partial charge in [-0.25, -0.2) is 4.79 Å². The Morgan fingerprint density at radius 2 is 1.92 bits per heavy atom. The molecule has 2 amide bonds. The molecule has 2 N–H and O–H groups in total. The molecule has 0 radical (unpaired) electrons. The zero-order valence-corrected chi connectivity index (χ0v) is 21.9. The van der Waals surface area contributed by atoms with Gasteiger partial charge in [0.15, 0.2) is 11.4 Å². The molecule has 1 aliphatic carbocycles. The fourth-order valence-corrected chi connectivity index (χ4v) is 6.23. The Balaban J connectivity index is 1.28. The number of nitrogens with zero attached hydrogens (tertiary/aromatic N) is 1. The van der Waals surface area contributed by atoms with Gasteiger partial charge in [-0.3, -0.25) is 4.79 Å². The van der Waals surface area contributed by atoms with E-state index in [9.17, 15) is 9.59 Å². The fraction of sp³-hybridized carbons (Fsp3) is 0.161. The lowest BCUT2D eigenvalue weighted by Gasteiger charge is -2.41. The van der Waals surface area contributed by atoms with E-state index in [1.165, 1.54) is 5.56 Å². The van der Waals surface area contributed by atoms with Crippen molar-refractivity contribution < 1.29 is 18.8 Å². The number of hydrogen-bond donors (Lipinski definition) is 2. The second-order valence-electron chi connectivity index (χ2n) is 9.61. The van der Waals surface area contributed by atoms with E-state index >= 15 is 0 Å². The SMILES string of the molecule is Cc1csc(-c2ccccc2C(=O)Nc2ccc(C(=O)[N+]34CCOCC3=CNC=C3CC=CC=C34)cc2)c1. The van der Waals surface area contributed by atoms with E-state index in [4.69, 9.17) is 4.74 Å². The standard InChI is InChI=1S/C31H27N3O3S/c1-21-16-29(38-20-21)26-7-3-4-8-27(26)30(35)33-24-12-10-22(11-13-24)31(36)34-14-15-37-19-25(34)18-32-17-23-6-2-5-9-28(23)34/h2-5,7-13,16-18,20,32H,6,14-15,19H2,1H3/p+1. The number of anilines is 1. The molecule has 6 rings (SSSR count). The Morgan fingerprint density at radius 3 is 2.74 bits per heavy atom. The van der Waals surface area contributed by atoms with Gasteiger partial charge in [0.2, 0.25) is 0 Å². The number of benzene rings is 2. The van der Waals surface area contributed by atoms with Gasteiger partial charge >= 0.3 is 5.91 Å². The molecule has 0 spiro atoms. The highest BCUT2D eigenvalue weighted by molar-refractivity contribution is 7.13. The maximum absolute atomic E-state index is 14.2. The van der Waals surface area contributed by atoms with Crippen molar-refractivity contribution in [1.29, 1.82) is 0 Å². The number of carbonyl (C=O) groups is 2. The number of nitrogens with one attached hydrogen (secondary N) is 2. The predicted molar refractivity (Wildman–Crippen MR) is 150 cm³/mol. The molecule has 1 aromatic heterocycles. The highest BCUT2D eigenvalue weighted by Crippen LogP contribution is 2.39. The number of allylic oxidation sites excluding steroid dienone is 4. The van der Waals surface area contributed by atoms with Crippen LogP contribution in [0.5, 0.6) is 0 Å². The molecule has 0 saturated carbocycles. The van der Waals surface area contributed by atoms with E-state index in [0.29, 0.717) is 36.6 Å². The van der Waals surface area contributed by atoms with E-state index in [1.807, 2.05) is 55.7 Å². The van der Waals surface area contributed by atoms with Crippen LogP contribution >= 0.6 is 11.3 Å². The second-order valence-corrected chi connectivity index (χ2v) is 10.5. The van der Waals surface area contributed by atoms with Gasteiger partial charge in [-0.15, -0.1) is 11.3 Å². The maximum Gasteiger partial charge on any atom is 0.355 e. The van der Waals surface area contributed by atoms with Crippen molar-refractivity contribution in [3.8, 4) is 10.4 Å². The minimum absolute atomic E-state index is 0.00742. The molecule has 190 valence electrons. The highest BCUT2D eigenvalue weighted by Gasteiger charge is 2.49. The van der Waals surface area contributed by atoms with E-state index < -0.39 is 0 Å². The Bertz CT molecular complexity index is 1540. The van der Waals surface area contributed by atoms with E-state index in [-0.39, 0.29) is 16.3 Å². The van der Waals surface area contributed by atoms with Gasteiger partial charge in [-0.1, -0.05) is 30.4 Å². The quantitative estimate of drug-likeness (QED) is 0.404. The molecule has 2 aromatic carbocycles. The van der Waals surface area contributed by atoms with Crippen molar-refractivity contribution in [2.24, 2.45) is 0 Å². The van der Waals surface area contributed by atoms with Crippen LogP contribution in [0, 0.1) is 6.92 Å². The minimum Gasteiger partial charge on any atom is -0.365 e. The third-order valence-corrected chi connectivity index (χ3v) is 8.27. The number of morpholine rings is 1. The topological polar surface area (TPSA) is 67.4 Å². The highest BCUT2D eigenvalue weighted by atomic mass is 32.1. The number of quaternary nitrogens is 1. The summed E-state index contributed by atoms with van der Waals surface area (Å²) in [6, 6.07) is 16.9. The molecule has 6 nitrogen and oxygen atoms in total. The molecule has 7 heteroatoms. The largest absolute Gasteiger partial charge is 0.365 e. The van der Waals surface area contributed by atoms with Crippen LogP contribution in [0.4, 0.5) is 5.69 Å². The summed E-state index contributed by atoms with van der Waals surface area (Å²) in [7, 11) is 0. The summed E-state index contributed by atoms with van der Waals surface area (Å²) in [4.78, 5) is 28.5. The van der Waals surface area contributed by atoms with Crippen LogP contribution in [0.1, 0.15) is 32.7 Å². The van der Waals surface area contributed by atoms with Crippen LogP contribution < -0.4 is 10.6 Å². The average molecular weight is 523 g/mol. The first kappa shape index (κ1) is 24.3. The molecule has 3 aromatic rings. The van der Waals surface area contributed by atoms with Crippen molar-refractivity contribution in [2.45, 2.75) is 13.3 Å². The summed E-state index contributed by atoms with van der Waals surface area (Å²) < 4.78 is 5.86. The van der Waals surface area contributed by atoms with Crippen molar-refractivity contribution in [2.75, 3.05) is 25.1 Å². The van der Waals surface area contributed by atoms with Crippen molar-refractivity contribution in [3.05, 3.63) is 124 Å². The fourth-order valence-electron chi connectivity index (χ4n) is 5.29. The maximum atomic E-state index is 14.2. The summed E-state index contributed by atoms with van der Waals surface area (Å²) in [5, 5.41) is 8.34. The molecular weight excluding hydrogens is 494 g/mol. The normalized spacial score (nSPS) is 20.1. The Labute approximate surface area is 225 Å². The smallest absolute Gasteiger partial charge is 0.355 e. The first-order valence-corrected chi connectivity index (χ1v) is 13.5. The van der Waals surface area contributed by atoms with Gasteiger partial charge in [0.05, 0.1) is 18.4 Å². The molecule has 1 fully saturated rings. The van der Waals surface area contributed by atoms with Crippen LogP contribution in [-0.2, 0) is 4.74 Å². The lowest BCUT2D eigenvalue weighted by atomic mass is 9.98. The van der Waals surface area contributed by atoms with Crippen LogP contribution in [0.3, 0.4) is 0 Å². The molecule has 3 aliphatic rings. The number of carbonyl (C=O) groups excluding carboxylic acids is 2.